The van der Waals surface area contributed by atoms with Gasteiger partial charge in [-0.2, -0.15) is 4.98 Å². The van der Waals surface area contributed by atoms with E-state index < -0.39 is 0 Å². The lowest BCUT2D eigenvalue weighted by Crippen LogP contribution is -2.19. The average Bonchev–Trinajstić information content (AvgIpc) is 3.23. The first-order valence-corrected chi connectivity index (χ1v) is 7.38. The first-order chi connectivity index (χ1) is 9.22. The molecule has 3 N–H and O–H groups in total. The molecule has 1 unspecified atom stereocenters. The van der Waals surface area contributed by atoms with Crippen LogP contribution in [0.2, 0.25) is 0 Å². The number of anilines is 2. The Morgan fingerprint density at radius 3 is 2.84 bits per heavy atom. The molecule has 4 heteroatoms. The van der Waals surface area contributed by atoms with Gasteiger partial charge in [-0.15, -0.1) is 0 Å². The smallest absolute Gasteiger partial charge is 0.239 e. The molecule has 0 aliphatic heterocycles. The fourth-order valence-corrected chi connectivity index (χ4v) is 2.06. The molecule has 1 saturated carbocycles. The molecule has 0 amide bonds. The van der Waals surface area contributed by atoms with Crippen molar-refractivity contribution in [2.45, 2.75) is 52.0 Å². The van der Waals surface area contributed by atoms with E-state index in [-0.39, 0.29) is 0 Å². The van der Waals surface area contributed by atoms with E-state index in [1.54, 1.807) is 0 Å². The second-order valence-electron chi connectivity index (χ2n) is 5.38. The molecule has 1 aromatic heterocycles. The van der Waals surface area contributed by atoms with Crippen molar-refractivity contribution in [3.63, 3.8) is 0 Å². The van der Waals surface area contributed by atoms with E-state index in [9.17, 15) is 0 Å². The molecule has 1 aliphatic carbocycles. The number of hydrogen-bond acceptors (Lipinski definition) is 4. The van der Waals surface area contributed by atoms with Crippen LogP contribution in [0.1, 0.15) is 46.0 Å². The van der Waals surface area contributed by atoms with Gasteiger partial charge >= 0.3 is 0 Å². The minimum absolute atomic E-state index is 0.470. The molecule has 1 aromatic rings. The van der Waals surface area contributed by atoms with Gasteiger partial charge in [-0.3, -0.25) is 0 Å². The highest BCUT2D eigenvalue weighted by Gasteiger charge is 2.22. The number of hydrogen-bond donors (Lipinski definition) is 2. The van der Waals surface area contributed by atoms with Crippen molar-refractivity contribution >= 4 is 11.5 Å². The van der Waals surface area contributed by atoms with Crippen LogP contribution in [-0.2, 0) is 0 Å². The molecule has 0 spiro atoms. The number of rotatable bonds is 8. The SMILES string of the molecule is CCCC(CC)Nc1ccc(N)c(OCC2CC2)n1. The van der Waals surface area contributed by atoms with E-state index in [1.165, 1.54) is 19.3 Å². The summed E-state index contributed by atoms with van der Waals surface area (Å²) in [6, 6.07) is 4.27. The summed E-state index contributed by atoms with van der Waals surface area (Å²) in [5.74, 6) is 2.14. The Bertz CT molecular complexity index is 404. The van der Waals surface area contributed by atoms with Crippen molar-refractivity contribution in [1.82, 2.24) is 4.98 Å². The molecule has 0 aromatic carbocycles. The van der Waals surface area contributed by atoms with E-state index >= 15 is 0 Å². The quantitative estimate of drug-likeness (QED) is 0.754. The minimum Gasteiger partial charge on any atom is -0.476 e. The van der Waals surface area contributed by atoms with Gasteiger partial charge in [0.25, 0.3) is 0 Å². The van der Waals surface area contributed by atoms with Gasteiger partial charge in [0.1, 0.15) is 5.82 Å². The van der Waals surface area contributed by atoms with Crippen molar-refractivity contribution in [2.75, 3.05) is 17.7 Å². The molecule has 0 radical (unpaired) electrons. The third-order valence-electron chi connectivity index (χ3n) is 3.52. The Hall–Kier alpha value is -1.45. The molecule has 1 atom stereocenters. The lowest BCUT2D eigenvalue weighted by Gasteiger charge is -2.17. The summed E-state index contributed by atoms with van der Waals surface area (Å²) in [4.78, 5) is 4.48. The van der Waals surface area contributed by atoms with Gasteiger partial charge in [-0.25, -0.2) is 0 Å². The summed E-state index contributed by atoms with van der Waals surface area (Å²) >= 11 is 0. The number of pyridine rings is 1. The van der Waals surface area contributed by atoms with Gasteiger partial charge in [-0.05, 0) is 43.7 Å². The zero-order chi connectivity index (χ0) is 13.7. The molecule has 0 bridgehead atoms. The molecule has 0 saturated heterocycles. The van der Waals surface area contributed by atoms with Crippen LogP contribution in [0, 0.1) is 5.92 Å². The van der Waals surface area contributed by atoms with Crippen LogP contribution in [0.4, 0.5) is 11.5 Å². The van der Waals surface area contributed by atoms with Crippen molar-refractivity contribution in [3.8, 4) is 5.88 Å². The molecular weight excluding hydrogens is 238 g/mol. The summed E-state index contributed by atoms with van der Waals surface area (Å²) in [5, 5.41) is 3.45. The van der Waals surface area contributed by atoms with Crippen molar-refractivity contribution < 1.29 is 4.74 Å². The lowest BCUT2D eigenvalue weighted by molar-refractivity contribution is 0.290. The molecule has 19 heavy (non-hydrogen) atoms. The average molecular weight is 263 g/mol. The topological polar surface area (TPSA) is 60.2 Å². The Balaban J connectivity index is 1.97. The normalized spacial score (nSPS) is 16.1. The van der Waals surface area contributed by atoms with E-state index in [0.29, 0.717) is 23.5 Å². The largest absolute Gasteiger partial charge is 0.476 e. The lowest BCUT2D eigenvalue weighted by atomic mass is 10.1. The highest BCUT2D eigenvalue weighted by Crippen LogP contribution is 2.30. The van der Waals surface area contributed by atoms with Gasteiger partial charge in [0.15, 0.2) is 0 Å². The van der Waals surface area contributed by atoms with Crippen LogP contribution in [-0.4, -0.2) is 17.6 Å². The number of nitrogen functional groups attached to an aromatic ring is 1. The number of nitrogens with zero attached hydrogens (tertiary/aromatic N) is 1. The second-order valence-corrected chi connectivity index (χ2v) is 5.38. The maximum absolute atomic E-state index is 5.90. The molecular formula is C15H25N3O. The summed E-state index contributed by atoms with van der Waals surface area (Å²) in [5.41, 5.74) is 6.52. The summed E-state index contributed by atoms with van der Waals surface area (Å²) < 4.78 is 5.70. The first kappa shape index (κ1) is 14.0. The Kier molecular flexibility index (Phi) is 4.88. The van der Waals surface area contributed by atoms with Crippen molar-refractivity contribution in [2.24, 2.45) is 5.92 Å². The highest BCUT2D eigenvalue weighted by atomic mass is 16.5. The van der Waals surface area contributed by atoms with Gasteiger partial charge in [0.05, 0.1) is 12.3 Å². The van der Waals surface area contributed by atoms with Crippen LogP contribution >= 0.6 is 0 Å². The summed E-state index contributed by atoms with van der Waals surface area (Å²) in [7, 11) is 0. The molecule has 2 rings (SSSR count). The van der Waals surface area contributed by atoms with E-state index in [2.05, 4.69) is 24.1 Å². The molecule has 4 nitrogen and oxygen atoms in total. The zero-order valence-corrected chi connectivity index (χ0v) is 12.0. The van der Waals surface area contributed by atoms with Gasteiger partial charge in [0.2, 0.25) is 5.88 Å². The predicted molar refractivity (Wildman–Crippen MR) is 79.5 cm³/mol. The first-order valence-electron chi connectivity index (χ1n) is 7.38. The summed E-state index contributed by atoms with van der Waals surface area (Å²) in [6.45, 7) is 5.13. The maximum atomic E-state index is 5.90. The Morgan fingerprint density at radius 2 is 2.21 bits per heavy atom. The summed E-state index contributed by atoms with van der Waals surface area (Å²) in [6.07, 6.45) is 5.96. The molecule has 106 valence electrons. The van der Waals surface area contributed by atoms with E-state index in [4.69, 9.17) is 10.5 Å². The number of nitrogens with two attached hydrogens (primary N) is 1. The van der Waals surface area contributed by atoms with Crippen molar-refractivity contribution in [3.05, 3.63) is 12.1 Å². The second kappa shape index (κ2) is 6.64. The number of ether oxygens (including phenoxy) is 1. The van der Waals surface area contributed by atoms with Crippen LogP contribution < -0.4 is 15.8 Å². The van der Waals surface area contributed by atoms with Crippen LogP contribution in [0.25, 0.3) is 0 Å². The number of aromatic nitrogens is 1. The fourth-order valence-electron chi connectivity index (χ4n) is 2.06. The standard InChI is InChI=1S/C15H25N3O/c1-3-5-12(4-2)17-14-9-8-13(16)15(18-14)19-10-11-6-7-11/h8-9,11-12H,3-7,10,16H2,1-2H3,(H,17,18). The molecule has 1 aliphatic rings. The molecule has 1 fully saturated rings. The Morgan fingerprint density at radius 1 is 1.42 bits per heavy atom. The predicted octanol–water partition coefficient (Wildman–Crippen LogP) is 3.44. The van der Waals surface area contributed by atoms with Crippen LogP contribution in [0.15, 0.2) is 12.1 Å². The van der Waals surface area contributed by atoms with Crippen LogP contribution in [0.5, 0.6) is 5.88 Å². The van der Waals surface area contributed by atoms with Gasteiger partial charge < -0.3 is 15.8 Å². The maximum Gasteiger partial charge on any atom is 0.239 e. The zero-order valence-electron chi connectivity index (χ0n) is 12.0. The number of nitrogens with one attached hydrogen (secondary N) is 1. The third kappa shape index (κ3) is 4.30. The van der Waals surface area contributed by atoms with Gasteiger partial charge in [0, 0.05) is 6.04 Å². The molecule has 1 heterocycles. The highest BCUT2D eigenvalue weighted by molar-refractivity contribution is 5.53. The fraction of sp³-hybridized carbons (Fsp3) is 0.667. The van der Waals surface area contributed by atoms with E-state index in [0.717, 1.165) is 25.3 Å². The third-order valence-corrected chi connectivity index (χ3v) is 3.52. The van der Waals surface area contributed by atoms with E-state index in [1.807, 2.05) is 12.1 Å². The Labute approximate surface area is 115 Å². The monoisotopic (exact) mass is 263 g/mol. The van der Waals surface area contributed by atoms with Gasteiger partial charge in [-0.1, -0.05) is 20.3 Å². The van der Waals surface area contributed by atoms with Crippen LogP contribution in [0.3, 0.4) is 0 Å². The van der Waals surface area contributed by atoms with Crippen molar-refractivity contribution in [1.29, 1.82) is 0 Å². The minimum atomic E-state index is 0.470.